The molecule has 2 atom stereocenters. The number of hydrogen-bond acceptors (Lipinski definition) is 6. The summed E-state index contributed by atoms with van der Waals surface area (Å²) >= 11 is 0. The Labute approximate surface area is 155 Å². The second-order valence-electron chi connectivity index (χ2n) is 7.35. The third-order valence-electron chi connectivity index (χ3n) is 5.96. The second-order valence-corrected chi connectivity index (χ2v) is 7.35. The van der Waals surface area contributed by atoms with Gasteiger partial charge in [-0.1, -0.05) is 12.1 Å². The summed E-state index contributed by atoms with van der Waals surface area (Å²) in [6.07, 6.45) is 1.43. The molecule has 4 aliphatic rings. The van der Waals surface area contributed by atoms with Gasteiger partial charge in [0.1, 0.15) is 17.2 Å². The molecule has 0 saturated carbocycles. The number of benzene rings is 2. The molecule has 27 heavy (non-hydrogen) atoms. The topological polar surface area (TPSA) is 71.1 Å². The maximum Gasteiger partial charge on any atom is 0.245 e. The maximum atomic E-state index is 12.7. The van der Waals surface area contributed by atoms with Crippen LogP contribution in [0.4, 0.5) is 0 Å². The Morgan fingerprint density at radius 2 is 1.59 bits per heavy atom. The molecule has 6 heteroatoms. The minimum atomic E-state index is -1.11. The molecule has 6 rings (SSSR count). The highest BCUT2D eigenvalue weighted by atomic mass is 16.8. The van der Waals surface area contributed by atoms with Crippen molar-refractivity contribution in [1.82, 2.24) is 0 Å². The Morgan fingerprint density at radius 3 is 2.37 bits per heavy atom. The van der Waals surface area contributed by atoms with Crippen LogP contribution in [0, 0.1) is 0 Å². The first-order valence-electron chi connectivity index (χ1n) is 9.06. The third kappa shape index (κ3) is 1.69. The first kappa shape index (κ1) is 15.2. The normalized spacial score (nSPS) is 29.2. The van der Waals surface area contributed by atoms with Crippen LogP contribution >= 0.6 is 0 Å². The molecule has 2 spiro atoms. The van der Waals surface area contributed by atoms with Crippen LogP contribution < -0.4 is 14.2 Å². The summed E-state index contributed by atoms with van der Waals surface area (Å²) in [6, 6.07) is 8.97. The van der Waals surface area contributed by atoms with Crippen LogP contribution in [0.1, 0.15) is 57.5 Å². The summed E-state index contributed by atoms with van der Waals surface area (Å²) < 4.78 is 24.7. The summed E-state index contributed by atoms with van der Waals surface area (Å²) in [5.41, 5.74) is 2.30. The quantitative estimate of drug-likeness (QED) is 0.772. The van der Waals surface area contributed by atoms with Crippen LogP contribution in [-0.4, -0.2) is 18.7 Å². The van der Waals surface area contributed by atoms with Gasteiger partial charge in [-0.3, -0.25) is 14.3 Å². The van der Waals surface area contributed by atoms with E-state index in [-0.39, 0.29) is 18.0 Å². The molecular formula is C21H16O6. The van der Waals surface area contributed by atoms with E-state index in [1.165, 1.54) is 7.11 Å². The fourth-order valence-electron chi connectivity index (χ4n) is 4.85. The molecule has 0 N–H and O–H groups in total. The van der Waals surface area contributed by atoms with Crippen molar-refractivity contribution in [3.63, 3.8) is 0 Å². The van der Waals surface area contributed by atoms with Crippen molar-refractivity contribution >= 4 is 11.6 Å². The Kier molecular flexibility index (Phi) is 2.65. The SMILES string of the molecule is COc1ccc2c3c1C(=O)CC[C@]31Oc3cccc4c3[C@](CCC4=O)(O2)O1. The number of hydrogen-bond donors (Lipinski definition) is 0. The standard InChI is InChI=1S/C21H16O6/c1-24-14-5-6-16-19-17(14)13(23)8-10-21(19)25-15-4-2-3-11-12(22)7-9-20(26-16,27-21)18(11)15/h2-6H,7-10H2,1H3/t20-,21-/m1/s1. The summed E-state index contributed by atoms with van der Waals surface area (Å²) in [4.78, 5) is 25.1. The third-order valence-corrected chi connectivity index (χ3v) is 5.96. The smallest absolute Gasteiger partial charge is 0.245 e. The Balaban J connectivity index is 1.68. The molecule has 2 heterocycles. The average molecular weight is 364 g/mol. The number of methoxy groups -OCH3 is 1. The predicted octanol–water partition coefficient (Wildman–Crippen LogP) is 3.46. The van der Waals surface area contributed by atoms with E-state index in [1.807, 2.05) is 12.1 Å². The van der Waals surface area contributed by atoms with Crippen molar-refractivity contribution < 1.29 is 28.5 Å². The fourth-order valence-corrected chi connectivity index (χ4v) is 4.85. The van der Waals surface area contributed by atoms with Gasteiger partial charge < -0.3 is 14.2 Å². The van der Waals surface area contributed by atoms with E-state index in [1.54, 1.807) is 18.2 Å². The lowest BCUT2D eigenvalue weighted by atomic mass is 9.78. The Hall–Kier alpha value is -2.86. The van der Waals surface area contributed by atoms with Crippen LogP contribution in [0.25, 0.3) is 0 Å². The van der Waals surface area contributed by atoms with E-state index in [0.717, 1.165) is 0 Å². The van der Waals surface area contributed by atoms with Crippen LogP contribution in [0.15, 0.2) is 30.3 Å². The van der Waals surface area contributed by atoms with Gasteiger partial charge >= 0.3 is 0 Å². The zero-order chi connectivity index (χ0) is 18.4. The molecule has 2 aromatic rings. The monoisotopic (exact) mass is 364 g/mol. The molecule has 0 unspecified atom stereocenters. The lowest BCUT2D eigenvalue weighted by Crippen LogP contribution is -2.58. The zero-order valence-electron chi connectivity index (χ0n) is 14.7. The molecule has 6 nitrogen and oxygen atoms in total. The average Bonchev–Trinajstić information content (AvgIpc) is 2.68. The van der Waals surface area contributed by atoms with Gasteiger partial charge in [0.25, 0.3) is 0 Å². The lowest BCUT2D eigenvalue weighted by Gasteiger charge is -2.55. The number of ether oxygens (including phenoxy) is 4. The minimum absolute atomic E-state index is 0.0144. The van der Waals surface area contributed by atoms with Crippen molar-refractivity contribution in [3.8, 4) is 17.2 Å². The van der Waals surface area contributed by atoms with Gasteiger partial charge in [0.2, 0.25) is 11.6 Å². The van der Waals surface area contributed by atoms with Crippen LogP contribution in [0.2, 0.25) is 0 Å². The molecule has 0 saturated heterocycles. The number of Topliss-reactive ketones (excluding diaryl/α,β-unsaturated/α-hetero) is 2. The van der Waals surface area contributed by atoms with Crippen molar-refractivity contribution in [1.29, 1.82) is 0 Å². The highest BCUT2D eigenvalue weighted by molar-refractivity contribution is 6.03. The molecule has 2 aliphatic carbocycles. The van der Waals surface area contributed by atoms with Gasteiger partial charge in [-0.15, -0.1) is 0 Å². The highest BCUT2D eigenvalue weighted by Crippen LogP contribution is 2.61. The minimum Gasteiger partial charge on any atom is -0.496 e. The van der Waals surface area contributed by atoms with Crippen LogP contribution in [-0.2, 0) is 16.3 Å². The first-order chi connectivity index (χ1) is 13.1. The van der Waals surface area contributed by atoms with Gasteiger partial charge in [0.15, 0.2) is 11.6 Å². The van der Waals surface area contributed by atoms with E-state index < -0.39 is 11.6 Å². The molecule has 2 bridgehead atoms. The maximum absolute atomic E-state index is 12.7. The van der Waals surface area contributed by atoms with E-state index in [0.29, 0.717) is 58.8 Å². The number of rotatable bonds is 1. The number of carbonyl (C=O) groups excluding carboxylic acids is 2. The summed E-state index contributed by atoms with van der Waals surface area (Å²) in [6.45, 7) is 0. The molecule has 0 radical (unpaired) electrons. The van der Waals surface area contributed by atoms with Gasteiger partial charge in [-0.25, -0.2) is 0 Å². The lowest BCUT2D eigenvalue weighted by molar-refractivity contribution is -0.363. The van der Waals surface area contributed by atoms with Crippen LogP contribution in [0.3, 0.4) is 0 Å². The molecule has 2 aliphatic heterocycles. The molecular weight excluding hydrogens is 348 g/mol. The van der Waals surface area contributed by atoms with Gasteiger partial charge in [0.05, 0.1) is 23.8 Å². The van der Waals surface area contributed by atoms with E-state index >= 15 is 0 Å². The largest absolute Gasteiger partial charge is 0.496 e. The summed E-state index contributed by atoms with van der Waals surface area (Å²) in [7, 11) is 1.54. The van der Waals surface area contributed by atoms with E-state index in [9.17, 15) is 9.59 Å². The first-order valence-corrected chi connectivity index (χ1v) is 9.06. The summed E-state index contributed by atoms with van der Waals surface area (Å²) in [5.74, 6) is -0.513. The summed E-state index contributed by atoms with van der Waals surface area (Å²) in [5, 5.41) is 0. The Morgan fingerprint density at radius 1 is 0.889 bits per heavy atom. The molecule has 0 fully saturated rings. The number of carbonyl (C=O) groups is 2. The van der Waals surface area contributed by atoms with E-state index in [2.05, 4.69) is 0 Å². The molecule has 136 valence electrons. The Bertz CT molecular complexity index is 1060. The van der Waals surface area contributed by atoms with Crippen molar-refractivity contribution in [2.24, 2.45) is 0 Å². The number of ketones is 2. The predicted molar refractivity (Wildman–Crippen MR) is 92.3 cm³/mol. The molecule has 0 amide bonds. The van der Waals surface area contributed by atoms with Gasteiger partial charge in [0, 0.05) is 31.2 Å². The molecule has 0 aromatic heterocycles. The van der Waals surface area contributed by atoms with Crippen molar-refractivity contribution in [2.45, 2.75) is 37.3 Å². The highest BCUT2D eigenvalue weighted by Gasteiger charge is 2.62. The van der Waals surface area contributed by atoms with Crippen LogP contribution in [0.5, 0.6) is 17.2 Å². The second kappa shape index (κ2) is 4.70. The van der Waals surface area contributed by atoms with Gasteiger partial charge in [-0.2, -0.15) is 0 Å². The van der Waals surface area contributed by atoms with E-state index in [4.69, 9.17) is 18.9 Å². The molecule has 2 aromatic carbocycles. The van der Waals surface area contributed by atoms with Crippen molar-refractivity contribution in [3.05, 3.63) is 52.6 Å². The fraction of sp³-hybridized carbons (Fsp3) is 0.333. The zero-order valence-corrected chi connectivity index (χ0v) is 14.7. The van der Waals surface area contributed by atoms with Gasteiger partial charge in [-0.05, 0) is 18.2 Å². The van der Waals surface area contributed by atoms with Crippen molar-refractivity contribution in [2.75, 3.05) is 7.11 Å².